The predicted molar refractivity (Wildman–Crippen MR) is 93.8 cm³/mol. The smallest absolute Gasteiger partial charge is 0.191 e. The van der Waals surface area contributed by atoms with Crippen LogP contribution >= 0.6 is 0 Å². The molecule has 0 aliphatic carbocycles. The van der Waals surface area contributed by atoms with Gasteiger partial charge in [-0.3, -0.25) is 9.67 Å². The molecule has 0 aliphatic heterocycles. The third-order valence-corrected chi connectivity index (χ3v) is 3.30. The lowest BCUT2D eigenvalue weighted by Gasteiger charge is -2.11. The number of rotatable bonds is 11. The number of aryl methyl sites for hydroxylation is 1. The van der Waals surface area contributed by atoms with Crippen LogP contribution in [0.3, 0.4) is 0 Å². The number of hydrogen-bond acceptors (Lipinski definition) is 4. The summed E-state index contributed by atoms with van der Waals surface area (Å²) >= 11 is 0. The van der Waals surface area contributed by atoms with E-state index in [1.54, 1.807) is 12.5 Å². The third kappa shape index (κ3) is 7.32. The molecule has 0 saturated heterocycles. The Kier molecular flexibility index (Phi) is 8.49. The topological polar surface area (TPSA) is 76.6 Å². The first-order chi connectivity index (χ1) is 11.9. The van der Waals surface area contributed by atoms with Crippen LogP contribution in [-0.4, -0.2) is 42.0 Å². The van der Waals surface area contributed by atoms with Gasteiger partial charge in [-0.25, -0.2) is 0 Å². The zero-order valence-corrected chi connectivity index (χ0v) is 14.3. The second-order valence-electron chi connectivity index (χ2n) is 5.30. The molecule has 2 aromatic heterocycles. The van der Waals surface area contributed by atoms with Crippen LogP contribution in [0.2, 0.25) is 0 Å². The first kappa shape index (κ1) is 18.1. The summed E-state index contributed by atoms with van der Waals surface area (Å²) in [7, 11) is 0. The van der Waals surface area contributed by atoms with Gasteiger partial charge in [-0.05, 0) is 38.0 Å². The maximum absolute atomic E-state index is 5.56. The Bertz CT molecular complexity index is 552. The molecule has 0 radical (unpaired) electrons. The SMILES string of the molecule is CCNC(=NCCCn1cccn1)NCCCOCc1ccco1. The van der Waals surface area contributed by atoms with E-state index in [2.05, 4.69) is 27.6 Å². The standard InChI is InChI=1S/C17H27N5O2/c1-2-18-17(19-8-4-11-22-12-5-10-21-22)20-9-6-13-23-15-16-7-3-14-24-16/h3,5,7,10,12,14H,2,4,6,8-9,11,13,15H2,1H3,(H2,18,19,20). The van der Waals surface area contributed by atoms with Crippen LogP contribution in [0.4, 0.5) is 0 Å². The number of guanidine groups is 1. The number of nitrogens with zero attached hydrogens (tertiary/aromatic N) is 3. The Labute approximate surface area is 143 Å². The average Bonchev–Trinajstić information content (AvgIpc) is 3.28. The lowest BCUT2D eigenvalue weighted by molar-refractivity contribution is 0.105. The Morgan fingerprint density at radius 2 is 2.29 bits per heavy atom. The highest BCUT2D eigenvalue weighted by molar-refractivity contribution is 5.79. The van der Waals surface area contributed by atoms with Gasteiger partial charge in [0, 0.05) is 45.2 Å². The maximum Gasteiger partial charge on any atom is 0.191 e. The molecule has 0 atom stereocenters. The molecule has 7 nitrogen and oxygen atoms in total. The van der Waals surface area contributed by atoms with Crippen molar-refractivity contribution in [3.8, 4) is 0 Å². The first-order valence-electron chi connectivity index (χ1n) is 8.48. The minimum Gasteiger partial charge on any atom is -0.467 e. The van der Waals surface area contributed by atoms with Gasteiger partial charge in [-0.2, -0.15) is 5.10 Å². The second-order valence-corrected chi connectivity index (χ2v) is 5.30. The minimum absolute atomic E-state index is 0.522. The van der Waals surface area contributed by atoms with Gasteiger partial charge in [-0.15, -0.1) is 0 Å². The van der Waals surface area contributed by atoms with Crippen LogP contribution in [0.5, 0.6) is 0 Å². The van der Waals surface area contributed by atoms with Gasteiger partial charge in [0.15, 0.2) is 5.96 Å². The van der Waals surface area contributed by atoms with E-state index in [1.807, 2.05) is 29.1 Å². The largest absolute Gasteiger partial charge is 0.467 e. The molecule has 2 heterocycles. The van der Waals surface area contributed by atoms with E-state index in [-0.39, 0.29) is 0 Å². The van der Waals surface area contributed by atoms with Crippen molar-refractivity contribution in [2.24, 2.45) is 4.99 Å². The van der Waals surface area contributed by atoms with E-state index in [1.165, 1.54) is 0 Å². The van der Waals surface area contributed by atoms with Crippen LogP contribution in [0.25, 0.3) is 0 Å². The van der Waals surface area contributed by atoms with E-state index in [0.29, 0.717) is 13.2 Å². The van der Waals surface area contributed by atoms with Gasteiger partial charge in [0.05, 0.1) is 6.26 Å². The predicted octanol–water partition coefficient (Wildman–Crippen LogP) is 2.03. The van der Waals surface area contributed by atoms with Crippen molar-refractivity contribution in [2.75, 3.05) is 26.2 Å². The molecule has 0 saturated carbocycles. The van der Waals surface area contributed by atoms with Gasteiger partial charge < -0.3 is 19.8 Å². The van der Waals surface area contributed by atoms with Crippen LogP contribution in [0, 0.1) is 0 Å². The quantitative estimate of drug-likeness (QED) is 0.374. The number of nitrogens with one attached hydrogen (secondary N) is 2. The van der Waals surface area contributed by atoms with Crippen LogP contribution < -0.4 is 10.6 Å². The normalized spacial score (nSPS) is 11.6. The molecule has 0 unspecified atom stereocenters. The number of furan rings is 1. The van der Waals surface area contributed by atoms with E-state index >= 15 is 0 Å². The summed E-state index contributed by atoms with van der Waals surface area (Å²) in [6.07, 6.45) is 7.30. The number of ether oxygens (including phenoxy) is 1. The number of aromatic nitrogens is 2. The number of hydrogen-bond donors (Lipinski definition) is 2. The molecule has 2 aromatic rings. The van der Waals surface area contributed by atoms with Gasteiger partial charge in [-0.1, -0.05) is 0 Å². The molecule has 0 spiro atoms. The van der Waals surface area contributed by atoms with Crippen LogP contribution in [-0.2, 0) is 17.9 Å². The summed E-state index contributed by atoms with van der Waals surface area (Å²) in [4.78, 5) is 4.57. The monoisotopic (exact) mass is 333 g/mol. The fourth-order valence-corrected chi connectivity index (χ4v) is 2.15. The summed E-state index contributed by atoms with van der Waals surface area (Å²) in [5, 5.41) is 10.8. The Morgan fingerprint density at radius 3 is 3.04 bits per heavy atom. The highest BCUT2D eigenvalue weighted by Crippen LogP contribution is 2.01. The van der Waals surface area contributed by atoms with E-state index < -0.39 is 0 Å². The molecule has 0 aromatic carbocycles. The molecule has 7 heteroatoms. The highest BCUT2D eigenvalue weighted by atomic mass is 16.5. The van der Waals surface area contributed by atoms with Crippen molar-refractivity contribution in [1.82, 2.24) is 20.4 Å². The van der Waals surface area contributed by atoms with E-state index in [9.17, 15) is 0 Å². The van der Waals surface area contributed by atoms with E-state index in [4.69, 9.17) is 9.15 Å². The first-order valence-corrected chi connectivity index (χ1v) is 8.48. The molecule has 132 valence electrons. The molecule has 0 aliphatic rings. The summed E-state index contributed by atoms with van der Waals surface area (Å²) < 4.78 is 12.7. The molecule has 0 fully saturated rings. The van der Waals surface area contributed by atoms with Crippen molar-refractivity contribution in [2.45, 2.75) is 32.9 Å². The van der Waals surface area contributed by atoms with Gasteiger partial charge in [0.2, 0.25) is 0 Å². The summed E-state index contributed by atoms with van der Waals surface area (Å²) in [5.41, 5.74) is 0. The maximum atomic E-state index is 5.56. The molecular formula is C17H27N5O2. The van der Waals surface area contributed by atoms with Gasteiger partial charge in [0.25, 0.3) is 0 Å². The van der Waals surface area contributed by atoms with Crippen molar-refractivity contribution in [1.29, 1.82) is 0 Å². The van der Waals surface area contributed by atoms with Crippen molar-refractivity contribution in [3.05, 3.63) is 42.6 Å². The fourth-order valence-electron chi connectivity index (χ4n) is 2.15. The van der Waals surface area contributed by atoms with E-state index in [0.717, 1.165) is 50.7 Å². The Balaban J connectivity index is 1.55. The second kappa shape index (κ2) is 11.3. The minimum atomic E-state index is 0.522. The molecule has 0 amide bonds. The highest BCUT2D eigenvalue weighted by Gasteiger charge is 1.98. The summed E-state index contributed by atoms with van der Waals surface area (Å²) in [5.74, 6) is 1.71. The third-order valence-electron chi connectivity index (χ3n) is 3.30. The summed E-state index contributed by atoms with van der Waals surface area (Å²) in [6, 6.07) is 5.71. The Hall–Kier alpha value is -2.28. The molecular weight excluding hydrogens is 306 g/mol. The molecule has 24 heavy (non-hydrogen) atoms. The molecule has 2 rings (SSSR count). The fraction of sp³-hybridized carbons (Fsp3) is 0.529. The zero-order valence-electron chi connectivity index (χ0n) is 14.3. The van der Waals surface area contributed by atoms with Crippen LogP contribution in [0.1, 0.15) is 25.5 Å². The van der Waals surface area contributed by atoms with Crippen molar-refractivity contribution >= 4 is 5.96 Å². The average molecular weight is 333 g/mol. The zero-order chi connectivity index (χ0) is 16.9. The van der Waals surface area contributed by atoms with Gasteiger partial charge in [0.1, 0.15) is 12.4 Å². The summed E-state index contributed by atoms with van der Waals surface area (Å²) in [6.45, 7) is 6.60. The lowest BCUT2D eigenvalue weighted by Crippen LogP contribution is -2.38. The molecule has 2 N–H and O–H groups in total. The lowest BCUT2D eigenvalue weighted by atomic mass is 10.4. The molecule has 0 bridgehead atoms. The van der Waals surface area contributed by atoms with Gasteiger partial charge >= 0.3 is 0 Å². The van der Waals surface area contributed by atoms with Crippen molar-refractivity contribution < 1.29 is 9.15 Å². The Morgan fingerprint density at radius 1 is 1.33 bits per heavy atom. The van der Waals surface area contributed by atoms with Crippen LogP contribution in [0.15, 0.2) is 46.3 Å². The number of aliphatic imine (C=N–C) groups is 1. The van der Waals surface area contributed by atoms with Crippen molar-refractivity contribution in [3.63, 3.8) is 0 Å².